The van der Waals surface area contributed by atoms with Crippen molar-refractivity contribution in [3.05, 3.63) is 53.9 Å². The first kappa shape index (κ1) is 18.2. The zero-order valence-electron chi connectivity index (χ0n) is 15.1. The van der Waals surface area contributed by atoms with Crippen molar-refractivity contribution >= 4 is 11.9 Å². The van der Waals surface area contributed by atoms with E-state index in [1.807, 2.05) is 30.3 Å². The number of benzene rings is 1. The number of aryl methyl sites for hydroxylation is 1. The van der Waals surface area contributed by atoms with Crippen LogP contribution in [0.5, 0.6) is 0 Å². The lowest BCUT2D eigenvalue weighted by Crippen LogP contribution is -2.37. The minimum absolute atomic E-state index is 0.0422. The van der Waals surface area contributed by atoms with Crippen LogP contribution < -0.4 is 5.32 Å². The van der Waals surface area contributed by atoms with E-state index < -0.39 is 5.97 Å². The first-order chi connectivity index (χ1) is 12.6. The Labute approximate surface area is 153 Å². The van der Waals surface area contributed by atoms with Gasteiger partial charge in [0, 0.05) is 13.2 Å². The number of amides is 1. The number of ether oxygens (including phenoxy) is 1. The molecule has 6 nitrogen and oxygen atoms in total. The summed E-state index contributed by atoms with van der Waals surface area (Å²) in [5.41, 5.74) is 1.43. The van der Waals surface area contributed by atoms with Crippen LogP contribution in [0, 0.1) is 5.92 Å². The molecule has 1 aromatic heterocycles. The molecule has 0 bridgehead atoms. The average Bonchev–Trinajstić information content (AvgIpc) is 3.11. The largest absolute Gasteiger partial charge is 0.451 e. The highest BCUT2D eigenvalue weighted by atomic mass is 16.5. The van der Waals surface area contributed by atoms with Crippen molar-refractivity contribution in [1.82, 2.24) is 15.1 Å². The Morgan fingerprint density at radius 3 is 2.58 bits per heavy atom. The van der Waals surface area contributed by atoms with Crippen molar-refractivity contribution in [3.63, 3.8) is 0 Å². The van der Waals surface area contributed by atoms with Gasteiger partial charge in [0.05, 0.1) is 6.04 Å². The van der Waals surface area contributed by atoms with E-state index in [-0.39, 0.29) is 18.6 Å². The molecule has 138 valence electrons. The van der Waals surface area contributed by atoms with Crippen LogP contribution in [-0.2, 0) is 16.6 Å². The van der Waals surface area contributed by atoms with E-state index in [1.165, 1.54) is 30.1 Å². The standard InChI is InChI=1S/C20H25N3O3/c1-23-17(12-13-21-23)20(25)26-14-18(24)22-19(15-8-4-2-5-9-15)16-10-6-3-7-11-16/h2,4-5,8-9,12-13,16,19H,3,6-7,10-11,14H2,1H3,(H,22,24). The van der Waals surface area contributed by atoms with Gasteiger partial charge in [-0.1, -0.05) is 49.6 Å². The molecule has 1 fully saturated rings. The molecular weight excluding hydrogens is 330 g/mol. The van der Waals surface area contributed by atoms with Gasteiger partial charge in [0.25, 0.3) is 5.91 Å². The second-order valence-electron chi connectivity index (χ2n) is 6.77. The predicted octanol–water partition coefficient (Wildman–Crippen LogP) is 3.01. The van der Waals surface area contributed by atoms with E-state index in [4.69, 9.17) is 4.74 Å². The summed E-state index contributed by atoms with van der Waals surface area (Å²) < 4.78 is 6.57. The van der Waals surface area contributed by atoms with Crippen LogP contribution in [0.2, 0.25) is 0 Å². The molecule has 1 saturated carbocycles. The third-order valence-corrected chi connectivity index (χ3v) is 4.96. The Morgan fingerprint density at radius 2 is 1.92 bits per heavy atom. The summed E-state index contributed by atoms with van der Waals surface area (Å²) in [6, 6.07) is 11.6. The summed E-state index contributed by atoms with van der Waals surface area (Å²) in [5.74, 6) is -0.406. The molecule has 2 aromatic rings. The van der Waals surface area contributed by atoms with E-state index in [9.17, 15) is 9.59 Å². The van der Waals surface area contributed by atoms with Gasteiger partial charge in [-0.05, 0) is 30.4 Å². The molecule has 1 aromatic carbocycles. The molecule has 1 aliphatic rings. The van der Waals surface area contributed by atoms with Gasteiger partial charge in [0.1, 0.15) is 5.69 Å². The van der Waals surface area contributed by atoms with Crippen LogP contribution in [0.15, 0.2) is 42.6 Å². The van der Waals surface area contributed by atoms with E-state index in [0.717, 1.165) is 18.4 Å². The van der Waals surface area contributed by atoms with Crippen molar-refractivity contribution in [1.29, 1.82) is 0 Å². The van der Waals surface area contributed by atoms with Crippen molar-refractivity contribution in [2.75, 3.05) is 6.61 Å². The monoisotopic (exact) mass is 355 g/mol. The number of carbonyl (C=O) groups excluding carboxylic acids is 2. The molecule has 1 amide bonds. The SMILES string of the molecule is Cn1nccc1C(=O)OCC(=O)NC(c1ccccc1)C1CCCCC1. The first-order valence-corrected chi connectivity index (χ1v) is 9.14. The topological polar surface area (TPSA) is 73.2 Å². The third-order valence-electron chi connectivity index (χ3n) is 4.96. The second-order valence-corrected chi connectivity index (χ2v) is 6.77. The van der Waals surface area contributed by atoms with Gasteiger partial charge in [-0.2, -0.15) is 5.10 Å². The second kappa shape index (κ2) is 8.65. The fraction of sp³-hybridized carbons (Fsp3) is 0.450. The molecule has 26 heavy (non-hydrogen) atoms. The van der Waals surface area contributed by atoms with Gasteiger partial charge in [0.15, 0.2) is 6.61 Å². The lowest BCUT2D eigenvalue weighted by molar-refractivity contribution is -0.125. The number of aromatic nitrogens is 2. The molecule has 6 heteroatoms. The first-order valence-electron chi connectivity index (χ1n) is 9.14. The Balaban J connectivity index is 1.61. The lowest BCUT2D eigenvalue weighted by atomic mass is 9.81. The lowest BCUT2D eigenvalue weighted by Gasteiger charge is -2.31. The molecule has 0 aliphatic heterocycles. The molecule has 0 spiro atoms. The molecule has 3 rings (SSSR count). The summed E-state index contributed by atoms with van der Waals surface area (Å²) in [4.78, 5) is 24.4. The highest BCUT2D eigenvalue weighted by molar-refractivity contribution is 5.89. The van der Waals surface area contributed by atoms with Crippen LogP contribution in [0.3, 0.4) is 0 Å². The van der Waals surface area contributed by atoms with Crippen molar-refractivity contribution in [2.45, 2.75) is 38.1 Å². The Bertz CT molecular complexity index is 736. The smallest absolute Gasteiger partial charge is 0.357 e. The Hall–Kier alpha value is -2.63. The minimum atomic E-state index is -0.547. The normalized spacial score (nSPS) is 16.0. The fourth-order valence-electron chi connectivity index (χ4n) is 3.60. The summed E-state index contributed by atoms with van der Waals surface area (Å²) in [6.07, 6.45) is 7.38. The van der Waals surface area contributed by atoms with Gasteiger partial charge >= 0.3 is 5.97 Å². The number of rotatable bonds is 6. The summed E-state index contributed by atoms with van der Waals surface area (Å²) in [5, 5.41) is 7.01. The Kier molecular flexibility index (Phi) is 6.04. The number of hydrogen-bond donors (Lipinski definition) is 1. The zero-order valence-corrected chi connectivity index (χ0v) is 15.1. The number of nitrogens with zero attached hydrogens (tertiary/aromatic N) is 2. The van der Waals surface area contributed by atoms with Crippen LogP contribution in [0.25, 0.3) is 0 Å². The van der Waals surface area contributed by atoms with E-state index in [1.54, 1.807) is 13.1 Å². The predicted molar refractivity (Wildman–Crippen MR) is 97.4 cm³/mol. The third kappa shape index (κ3) is 4.50. The maximum Gasteiger partial charge on any atom is 0.357 e. The van der Waals surface area contributed by atoms with Crippen molar-refractivity contribution in [2.24, 2.45) is 13.0 Å². The van der Waals surface area contributed by atoms with Crippen molar-refractivity contribution in [3.8, 4) is 0 Å². The van der Waals surface area contributed by atoms with Crippen LogP contribution in [0.1, 0.15) is 54.2 Å². The number of hydrogen-bond acceptors (Lipinski definition) is 4. The molecule has 1 unspecified atom stereocenters. The van der Waals surface area contributed by atoms with Gasteiger partial charge in [-0.25, -0.2) is 4.79 Å². The zero-order chi connectivity index (χ0) is 18.4. The molecule has 0 radical (unpaired) electrons. The number of esters is 1. The summed E-state index contributed by atoms with van der Waals surface area (Å²) >= 11 is 0. The quantitative estimate of drug-likeness (QED) is 0.809. The van der Waals surface area contributed by atoms with E-state index >= 15 is 0 Å². The molecular formula is C20H25N3O3. The van der Waals surface area contributed by atoms with E-state index in [0.29, 0.717) is 11.6 Å². The van der Waals surface area contributed by atoms with Crippen LogP contribution >= 0.6 is 0 Å². The minimum Gasteiger partial charge on any atom is -0.451 e. The highest BCUT2D eigenvalue weighted by Gasteiger charge is 2.26. The highest BCUT2D eigenvalue weighted by Crippen LogP contribution is 2.34. The summed E-state index contributed by atoms with van der Waals surface area (Å²) in [7, 11) is 1.66. The van der Waals surface area contributed by atoms with Gasteiger partial charge in [0.2, 0.25) is 0 Å². The number of nitrogens with one attached hydrogen (secondary N) is 1. The molecule has 1 aliphatic carbocycles. The maximum absolute atomic E-state index is 12.4. The van der Waals surface area contributed by atoms with Crippen LogP contribution in [0.4, 0.5) is 0 Å². The van der Waals surface area contributed by atoms with Gasteiger partial charge < -0.3 is 10.1 Å². The molecule has 0 saturated heterocycles. The fourth-order valence-corrected chi connectivity index (χ4v) is 3.60. The average molecular weight is 355 g/mol. The van der Waals surface area contributed by atoms with Crippen molar-refractivity contribution < 1.29 is 14.3 Å². The maximum atomic E-state index is 12.4. The number of carbonyl (C=O) groups is 2. The Morgan fingerprint density at radius 1 is 1.19 bits per heavy atom. The van der Waals surface area contributed by atoms with E-state index in [2.05, 4.69) is 10.4 Å². The van der Waals surface area contributed by atoms with Gasteiger partial charge in [-0.15, -0.1) is 0 Å². The molecule has 1 heterocycles. The molecule has 1 N–H and O–H groups in total. The summed E-state index contributed by atoms with van der Waals surface area (Å²) in [6.45, 7) is -0.292. The van der Waals surface area contributed by atoms with Crippen LogP contribution in [-0.4, -0.2) is 28.3 Å². The molecule has 1 atom stereocenters. The van der Waals surface area contributed by atoms with Gasteiger partial charge in [-0.3, -0.25) is 9.48 Å².